The first kappa shape index (κ1) is 16.3. The van der Waals surface area contributed by atoms with Gasteiger partial charge in [0.15, 0.2) is 12.2 Å². The third-order valence-electron chi connectivity index (χ3n) is 3.43. The van der Waals surface area contributed by atoms with Crippen LogP contribution in [0.4, 0.5) is 5.69 Å². The molecule has 3 heterocycles. The van der Waals surface area contributed by atoms with Gasteiger partial charge in [-0.15, -0.1) is 0 Å². The lowest BCUT2D eigenvalue weighted by Gasteiger charge is -2.07. The highest BCUT2D eigenvalue weighted by molar-refractivity contribution is 6.02. The summed E-state index contributed by atoms with van der Waals surface area (Å²) >= 11 is 0. The molecule has 9 heteroatoms. The summed E-state index contributed by atoms with van der Waals surface area (Å²) in [5, 5.41) is 2.75. The molecule has 1 amide bonds. The Morgan fingerprint density at radius 3 is 2.63 bits per heavy atom. The Bertz CT molecular complexity index is 1040. The molecule has 0 spiro atoms. The van der Waals surface area contributed by atoms with Crippen LogP contribution >= 0.6 is 0 Å². The smallest absolute Gasteiger partial charge is 0.274 e. The van der Waals surface area contributed by atoms with Gasteiger partial charge in [0.1, 0.15) is 17.8 Å². The standard InChI is InChI=1S/C18H12N6O3/c25-18(14-5-7-19-10-22-14)23-12-1-3-13(4-2-12)27-16-6-8-21-17(24-16)15-9-20-11-26-15/h1-11H,(H,23,25). The zero-order valence-electron chi connectivity index (χ0n) is 13.8. The number of hydrogen-bond acceptors (Lipinski definition) is 8. The van der Waals surface area contributed by atoms with E-state index in [0.717, 1.165) is 0 Å². The van der Waals surface area contributed by atoms with E-state index >= 15 is 0 Å². The quantitative estimate of drug-likeness (QED) is 0.577. The molecular weight excluding hydrogens is 348 g/mol. The zero-order chi connectivity index (χ0) is 18.5. The topological polar surface area (TPSA) is 116 Å². The van der Waals surface area contributed by atoms with E-state index in [9.17, 15) is 4.79 Å². The van der Waals surface area contributed by atoms with Crippen molar-refractivity contribution in [3.63, 3.8) is 0 Å². The SMILES string of the molecule is O=C(Nc1ccc(Oc2ccnc(-c3cnco3)n2)cc1)c1ccncn1. The van der Waals surface area contributed by atoms with Crippen molar-refractivity contribution in [2.75, 3.05) is 5.32 Å². The molecule has 4 rings (SSSR count). The van der Waals surface area contributed by atoms with E-state index in [-0.39, 0.29) is 11.6 Å². The molecule has 3 aromatic heterocycles. The monoisotopic (exact) mass is 360 g/mol. The highest BCUT2D eigenvalue weighted by Crippen LogP contribution is 2.23. The molecule has 0 atom stereocenters. The van der Waals surface area contributed by atoms with Crippen molar-refractivity contribution in [2.24, 2.45) is 0 Å². The number of carbonyl (C=O) groups excluding carboxylic acids is 1. The summed E-state index contributed by atoms with van der Waals surface area (Å²) in [5.41, 5.74) is 0.891. The minimum absolute atomic E-state index is 0.284. The van der Waals surface area contributed by atoms with Gasteiger partial charge in [0.2, 0.25) is 11.7 Å². The fraction of sp³-hybridized carbons (Fsp3) is 0. The van der Waals surface area contributed by atoms with E-state index < -0.39 is 0 Å². The van der Waals surface area contributed by atoms with Crippen LogP contribution in [-0.2, 0) is 0 Å². The first-order chi connectivity index (χ1) is 13.3. The lowest BCUT2D eigenvalue weighted by atomic mass is 10.3. The van der Waals surface area contributed by atoms with Crippen molar-refractivity contribution in [3.8, 4) is 23.2 Å². The van der Waals surface area contributed by atoms with Gasteiger partial charge in [0.05, 0.1) is 6.20 Å². The molecule has 27 heavy (non-hydrogen) atoms. The minimum Gasteiger partial charge on any atom is -0.440 e. The maximum absolute atomic E-state index is 12.1. The van der Waals surface area contributed by atoms with Gasteiger partial charge in [-0.05, 0) is 30.3 Å². The second-order valence-electron chi connectivity index (χ2n) is 5.26. The number of amides is 1. The average Bonchev–Trinajstić information content (AvgIpc) is 3.25. The maximum Gasteiger partial charge on any atom is 0.274 e. The van der Waals surface area contributed by atoms with Crippen LogP contribution in [0.2, 0.25) is 0 Å². The molecule has 4 aromatic rings. The predicted octanol–water partition coefficient (Wildman–Crippen LogP) is 2.97. The minimum atomic E-state index is -0.321. The maximum atomic E-state index is 12.1. The van der Waals surface area contributed by atoms with Gasteiger partial charge in [-0.2, -0.15) is 4.98 Å². The normalized spacial score (nSPS) is 10.4. The van der Waals surface area contributed by atoms with Crippen LogP contribution in [0, 0.1) is 0 Å². The molecule has 0 aliphatic heterocycles. The molecule has 0 bridgehead atoms. The molecule has 9 nitrogen and oxygen atoms in total. The Hall–Kier alpha value is -4.14. The molecule has 0 aliphatic carbocycles. The number of benzene rings is 1. The number of carbonyl (C=O) groups is 1. The lowest BCUT2D eigenvalue weighted by Crippen LogP contribution is -2.13. The van der Waals surface area contributed by atoms with Crippen LogP contribution < -0.4 is 10.1 Å². The molecule has 0 saturated carbocycles. The number of hydrogen-bond donors (Lipinski definition) is 1. The van der Waals surface area contributed by atoms with Gasteiger partial charge in [0, 0.05) is 24.1 Å². The van der Waals surface area contributed by atoms with E-state index in [4.69, 9.17) is 9.15 Å². The van der Waals surface area contributed by atoms with E-state index in [1.54, 1.807) is 36.5 Å². The molecule has 0 unspecified atom stereocenters. The molecule has 1 N–H and O–H groups in total. The predicted molar refractivity (Wildman–Crippen MR) is 94.0 cm³/mol. The number of aromatic nitrogens is 5. The molecule has 132 valence electrons. The summed E-state index contributed by atoms with van der Waals surface area (Å²) in [5.74, 6) is 1.41. The van der Waals surface area contributed by atoms with Crippen LogP contribution in [0.3, 0.4) is 0 Å². The second kappa shape index (κ2) is 7.40. The Labute approximate surface area is 153 Å². The first-order valence-electron chi connectivity index (χ1n) is 7.85. The highest BCUT2D eigenvalue weighted by Gasteiger charge is 2.09. The highest BCUT2D eigenvalue weighted by atomic mass is 16.5. The van der Waals surface area contributed by atoms with Gasteiger partial charge < -0.3 is 14.5 Å². The Balaban J connectivity index is 1.44. The van der Waals surface area contributed by atoms with Crippen LogP contribution in [-0.4, -0.2) is 30.8 Å². The lowest BCUT2D eigenvalue weighted by molar-refractivity contribution is 0.102. The largest absolute Gasteiger partial charge is 0.440 e. The average molecular weight is 360 g/mol. The van der Waals surface area contributed by atoms with Gasteiger partial charge in [-0.25, -0.2) is 19.9 Å². The fourth-order valence-corrected chi connectivity index (χ4v) is 2.19. The number of anilines is 1. The molecule has 0 fully saturated rings. The van der Waals surface area contributed by atoms with Crippen molar-refractivity contribution >= 4 is 11.6 Å². The van der Waals surface area contributed by atoms with Crippen LogP contribution in [0.1, 0.15) is 10.5 Å². The molecule has 0 radical (unpaired) electrons. The van der Waals surface area contributed by atoms with E-state index in [2.05, 4.69) is 30.2 Å². The van der Waals surface area contributed by atoms with Gasteiger partial charge >= 0.3 is 0 Å². The zero-order valence-corrected chi connectivity index (χ0v) is 13.8. The van der Waals surface area contributed by atoms with Gasteiger partial charge in [0.25, 0.3) is 5.91 Å². The summed E-state index contributed by atoms with van der Waals surface area (Å²) in [6, 6.07) is 10.0. The summed E-state index contributed by atoms with van der Waals surface area (Å²) < 4.78 is 10.9. The summed E-state index contributed by atoms with van der Waals surface area (Å²) in [6.45, 7) is 0. The number of rotatable bonds is 5. The van der Waals surface area contributed by atoms with Crippen molar-refractivity contribution in [2.45, 2.75) is 0 Å². The third kappa shape index (κ3) is 3.93. The molecular formula is C18H12N6O3. The Morgan fingerprint density at radius 1 is 1.00 bits per heavy atom. The van der Waals surface area contributed by atoms with Crippen molar-refractivity contribution in [1.82, 2.24) is 24.9 Å². The van der Waals surface area contributed by atoms with E-state index in [1.807, 2.05) is 0 Å². The second-order valence-corrected chi connectivity index (χ2v) is 5.26. The molecule has 1 aromatic carbocycles. The van der Waals surface area contributed by atoms with Crippen LogP contribution in [0.25, 0.3) is 11.6 Å². The van der Waals surface area contributed by atoms with Gasteiger partial charge in [-0.1, -0.05) is 0 Å². The molecule has 0 aliphatic rings. The van der Waals surface area contributed by atoms with Crippen molar-refractivity contribution in [3.05, 3.63) is 73.4 Å². The summed E-state index contributed by atoms with van der Waals surface area (Å²) in [7, 11) is 0. The van der Waals surface area contributed by atoms with Crippen LogP contribution in [0.15, 0.2) is 72.1 Å². The summed E-state index contributed by atoms with van der Waals surface area (Å²) in [6.07, 6.45) is 7.22. The van der Waals surface area contributed by atoms with Crippen molar-refractivity contribution < 1.29 is 13.9 Å². The number of nitrogens with one attached hydrogen (secondary N) is 1. The Morgan fingerprint density at radius 2 is 1.89 bits per heavy atom. The van der Waals surface area contributed by atoms with Crippen molar-refractivity contribution in [1.29, 1.82) is 0 Å². The fourth-order valence-electron chi connectivity index (χ4n) is 2.19. The van der Waals surface area contributed by atoms with E-state index in [1.165, 1.54) is 31.2 Å². The number of nitrogens with zero attached hydrogens (tertiary/aromatic N) is 5. The Kier molecular flexibility index (Phi) is 4.48. The third-order valence-corrected chi connectivity index (χ3v) is 3.43. The van der Waals surface area contributed by atoms with Crippen LogP contribution in [0.5, 0.6) is 11.6 Å². The first-order valence-corrected chi connectivity index (χ1v) is 7.85. The number of oxazole rings is 1. The van der Waals surface area contributed by atoms with E-state index in [0.29, 0.717) is 28.9 Å². The number of ether oxygens (including phenoxy) is 1. The molecule has 0 saturated heterocycles. The van der Waals surface area contributed by atoms with Gasteiger partial charge in [-0.3, -0.25) is 4.79 Å². The summed E-state index contributed by atoms with van der Waals surface area (Å²) in [4.78, 5) is 32.0.